The summed E-state index contributed by atoms with van der Waals surface area (Å²) in [5, 5.41) is 3.85. The number of fused-ring (bicyclic) bond motifs is 1. The van der Waals surface area contributed by atoms with Gasteiger partial charge in [-0.3, -0.25) is 9.78 Å². The summed E-state index contributed by atoms with van der Waals surface area (Å²) in [6.07, 6.45) is -3.06. The summed E-state index contributed by atoms with van der Waals surface area (Å²) in [6, 6.07) is 17.1. The summed E-state index contributed by atoms with van der Waals surface area (Å²) in [6.45, 7) is 5.72. The Morgan fingerprint density at radius 2 is 1.76 bits per heavy atom. The monoisotopic (exact) mass is 464 g/mol. The zero-order valence-corrected chi connectivity index (χ0v) is 19.0. The number of nitrogens with zero attached hydrogens (tertiary/aromatic N) is 1. The van der Waals surface area contributed by atoms with E-state index in [0.29, 0.717) is 23.2 Å². The smallest absolute Gasteiger partial charge is 0.418 e. The minimum absolute atomic E-state index is 0.0602. The Hall–Kier alpha value is -3.87. The third-order valence-corrected chi connectivity index (χ3v) is 5.79. The molecule has 0 saturated heterocycles. The number of anilines is 1. The molecule has 34 heavy (non-hydrogen) atoms. The maximum absolute atomic E-state index is 13.5. The van der Waals surface area contributed by atoms with Gasteiger partial charge in [-0.2, -0.15) is 13.2 Å². The maximum Gasteiger partial charge on any atom is 0.418 e. The molecular formula is C27H23F3N2O2. The molecule has 7 heteroatoms. The number of halogens is 3. The Balaban J connectivity index is 1.62. The number of carbonyl (C=O) groups is 1. The molecule has 3 aromatic carbocycles. The van der Waals surface area contributed by atoms with E-state index in [1.54, 1.807) is 18.2 Å². The van der Waals surface area contributed by atoms with Crippen molar-refractivity contribution >= 4 is 22.6 Å². The van der Waals surface area contributed by atoms with Crippen LogP contribution in [0.15, 0.2) is 66.9 Å². The second kappa shape index (κ2) is 9.17. The number of hydrogen-bond acceptors (Lipinski definition) is 4. The fraction of sp³-hybridized carbons (Fsp3) is 0.185. The Morgan fingerprint density at radius 3 is 2.50 bits per heavy atom. The molecule has 0 unspecified atom stereocenters. The molecule has 0 radical (unpaired) electrons. The largest absolute Gasteiger partial charge is 0.426 e. The van der Waals surface area contributed by atoms with Crippen molar-refractivity contribution < 1.29 is 22.7 Å². The van der Waals surface area contributed by atoms with E-state index in [9.17, 15) is 18.0 Å². The lowest BCUT2D eigenvalue weighted by Gasteiger charge is -2.15. The van der Waals surface area contributed by atoms with E-state index in [-0.39, 0.29) is 11.5 Å². The number of para-hydroxylation sites is 1. The third kappa shape index (κ3) is 4.73. The summed E-state index contributed by atoms with van der Waals surface area (Å²) in [5.41, 5.74) is 4.41. The molecule has 1 aromatic heterocycles. The second-order valence-corrected chi connectivity index (χ2v) is 8.07. The lowest BCUT2D eigenvalue weighted by Crippen LogP contribution is -2.07. The number of rotatable bonds is 5. The van der Waals surface area contributed by atoms with Crippen molar-refractivity contribution in [3.63, 3.8) is 0 Å². The number of alkyl halides is 3. The number of ether oxygens (including phenoxy) is 1. The Labute approximate surface area is 195 Å². The molecule has 4 rings (SSSR count). The zero-order chi connectivity index (χ0) is 24.5. The summed E-state index contributed by atoms with van der Waals surface area (Å²) in [5.74, 6) is 0.159. The number of pyridine rings is 1. The Kier molecular flexibility index (Phi) is 6.28. The minimum Gasteiger partial charge on any atom is -0.426 e. The van der Waals surface area contributed by atoms with E-state index in [2.05, 4.69) is 10.3 Å². The first kappa shape index (κ1) is 23.3. The van der Waals surface area contributed by atoms with Gasteiger partial charge in [0.25, 0.3) is 0 Å². The summed E-state index contributed by atoms with van der Waals surface area (Å²) >= 11 is 0. The molecule has 0 bridgehead atoms. The predicted molar refractivity (Wildman–Crippen MR) is 127 cm³/mol. The van der Waals surface area contributed by atoms with Gasteiger partial charge < -0.3 is 10.1 Å². The zero-order valence-electron chi connectivity index (χ0n) is 19.0. The summed E-state index contributed by atoms with van der Waals surface area (Å²) in [7, 11) is 0. The van der Waals surface area contributed by atoms with E-state index in [4.69, 9.17) is 4.74 Å². The molecule has 4 nitrogen and oxygen atoms in total. The van der Waals surface area contributed by atoms with Gasteiger partial charge >= 0.3 is 12.1 Å². The van der Waals surface area contributed by atoms with Crippen molar-refractivity contribution in [2.24, 2.45) is 0 Å². The van der Waals surface area contributed by atoms with Crippen molar-refractivity contribution in [3.8, 4) is 16.9 Å². The highest BCUT2D eigenvalue weighted by atomic mass is 19.4. The number of aromatic nitrogens is 1. The molecule has 0 fully saturated rings. The van der Waals surface area contributed by atoms with Crippen LogP contribution in [0, 0.1) is 13.8 Å². The first-order chi connectivity index (χ1) is 16.1. The number of nitrogens with one attached hydrogen (secondary N) is 1. The van der Waals surface area contributed by atoms with Crippen LogP contribution < -0.4 is 10.1 Å². The lowest BCUT2D eigenvalue weighted by molar-refractivity contribution is -0.136. The van der Waals surface area contributed by atoms with E-state index >= 15 is 0 Å². The third-order valence-electron chi connectivity index (χ3n) is 5.79. The highest BCUT2D eigenvalue weighted by Crippen LogP contribution is 2.37. The molecule has 0 aliphatic rings. The Bertz CT molecular complexity index is 1380. The van der Waals surface area contributed by atoms with Gasteiger partial charge in [-0.05, 0) is 72.0 Å². The minimum atomic E-state index is -4.47. The van der Waals surface area contributed by atoms with Gasteiger partial charge in [0, 0.05) is 30.7 Å². The molecule has 0 spiro atoms. The highest BCUT2D eigenvalue weighted by molar-refractivity contribution is 5.96. The molecule has 0 atom stereocenters. The van der Waals surface area contributed by atoms with Crippen LogP contribution in [0.5, 0.6) is 5.75 Å². The lowest BCUT2D eigenvalue weighted by atomic mass is 9.97. The molecule has 1 N–H and O–H groups in total. The second-order valence-electron chi connectivity index (χ2n) is 8.07. The molecule has 0 saturated carbocycles. The molecule has 0 amide bonds. The number of esters is 1. The molecule has 0 aliphatic heterocycles. The number of benzene rings is 3. The summed E-state index contributed by atoms with van der Waals surface area (Å²) < 4.78 is 45.6. The summed E-state index contributed by atoms with van der Waals surface area (Å²) in [4.78, 5) is 15.3. The first-order valence-corrected chi connectivity index (χ1v) is 10.7. The van der Waals surface area contributed by atoms with Crippen LogP contribution in [0.4, 0.5) is 18.9 Å². The van der Waals surface area contributed by atoms with E-state index in [1.807, 2.05) is 44.2 Å². The molecular weight excluding hydrogens is 441 g/mol. The van der Waals surface area contributed by atoms with Gasteiger partial charge in [-0.25, -0.2) is 0 Å². The van der Waals surface area contributed by atoms with Crippen LogP contribution in [0.25, 0.3) is 22.0 Å². The average Bonchev–Trinajstić information content (AvgIpc) is 2.80. The first-order valence-electron chi connectivity index (χ1n) is 10.7. The van der Waals surface area contributed by atoms with Crippen molar-refractivity contribution in [1.82, 2.24) is 4.98 Å². The Morgan fingerprint density at radius 1 is 1.00 bits per heavy atom. The highest BCUT2D eigenvalue weighted by Gasteiger charge is 2.33. The van der Waals surface area contributed by atoms with E-state index in [1.165, 1.54) is 19.2 Å². The van der Waals surface area contributed by atoms with Gasteiger partial charge in [-0.1, -0.05) is 30.3 Å². The normalized spacial score (nSPS) is 11.5. The van der Waals surface area contributed by atoms with E-state index < -0.39 is 11.7 Å². The van der Waals surface area contributed by atoms with Crippen molar-refractivity contribution in [1.29, 1.82) is 0 Å². The van der Waals surface area contributed by atoms with Gasteiger partial charge in [0.1, 0.15) is 5.75 Å². The molecule has 174 valence electrons. The predicted octanol–water partition coefficient (Wildman–Crippen LogP) is 7.07. The molecule has 1 heterocycles. The van der Waals surface area contributed by atoms with Crippen LogP contribution in [-0.2, 0) is 17.5 Å². The van der Waals surface area contributed by atoms with Crippen LogP contribution in [0.3, 0.4) is 0 Å². The van der Waals surface area contributed by atoms with Crippen LogP contribution in [-0.4, -0.2) is 11.0 Å². The van der Waals surface area contributed by atoms with Gasteiger partial charge in [0.2, 0.25) is 0 Å². The fourth-order valence-corrected chi connectivity index (χ4v) is 3.96. The maximum atomic E-state index is 13.5. The van der Waals surface area contributed by atoms with Crippen molar-refractivity contribution in [2.75, 3.05) is 5.32 Å². The van der Waals surface area contributed by atoms with Crippen LogP contribution in [0.1, 0.15) is 29.2 Å². The number of hydrogen-bond donors (Lipinski definition) is 1. The van der Waals surface area contributed by atoms with Gasteiger partial charge in [0.05, 0.1) is 11.1 Å². The topological polar surface area (TPSA) is 51.2 Å². The standard InChI is InChI=1S/C27H23F3N2O2/c1-16-17(2)25(34-18(3)33)11-10-24(16)32-15-19-6-4-7-20(14-19)21-12-13-31-26-22(21)8-5-9-23(26)27(28,29)30/h4-14,32H,15H2,1-3H3. The average molecular weight is 464 g/mol. The van der Waals surface area contributed by atoms with Gasteiger partial charge in [-0.15, -0.1) is 0 Å². The van der Waals surface area contributed by atoms with Crippen LogP contribution >= 0.6 is 0 Å². The molecule has 0 aliphatic carbocycles. The number of carbonyl (C=O) groups excluding carboxylic acids is 1. The van der Waals surface area contributed by atoms with Crippen LogP contribution in [0.2, 0.25) is 0 Å². The van der Waals surface area contributed by atoms with E-state index in [0.717, 1.165) is 34.0 Å². The molecule has 4 aromatic rings. The quantitative estimate of drug-likeness (QED) is 0.253. The SMILES string of the molecule is CC(=O)Oc1ccc(NCc2cccc(-c3ccnc4c(C(F)(F)F)cccc34)c2)c(C)c1C. The van der Waals surface area contributed by atoms with Crippen molar-refractivity contribution in [2.45, 2.75) is 33.5 Å². The van der Waals surface area contributed by atoms with Crippen molar-refractivity contribution in [3.05, 3.63) is 89.1 Å². The van der Waals surface area contributed by atoms with Gasteiger partial charge in [0.15, 0.2) is 0 Å². The fourth-order valence-electron chi connectivity index (χ4n) is 3.96.